The van der Waals surface area contributed by atoms with Crippen LogP contribution < -0.4 is 10.5 Å². The molecular formula is C26H41N3O5. The van der Waals surface area contributed by atoms with Gasteiger partial charge >= 0.3 is 0 Å². The van der Waals surface area contributed by atoms with Crippen LogP contribution in [-0.2, 0) is 25.6 Å². The summed E-state index contributed by atoms with van der Waals surface area (Å²) in [5.41, 5.74) is 6.20. The first-order chi connectivity index (χ1) is 16.0. The summed E-state index contributed by atoms with van der Waals surface area (Å²) in [5.74, 6) is -1.76. The van der Waals surface area contributed by atoms with Gasteiger partial charge in [-0.1, -0.05) is 44.7 Å². The molecule has 0 spiro atoms. The lowest BCUT2D eigenvalue weighted by atomic mass is 9.97. The third-order valence-corrected chi connectivity index (χ3v) is 6.41. The maximum absolute atomic E-state index is 13.3. The van der Waals surface area contributed by atoms with Gasteiger partial charge in [0.15, 0.2) is 0 Å². The zero-order valence-electron chi connectivity index (χ0n) is 21.5. The molecule has 3 atom stereocenters. The van der Waals surface area contributed by atoms with Crippen LogP contribution in [0.15, 0.2) is 24.3 Å². The molecule has 0 saturated carbocycles. The standard InChI is InChI=1S/C26H41N3O5/c1-7-8-9-10-11-12-23(30)18(2)25(32)29(5)22(26(33)28(4)19(3)24(27)31)17-20-13-15-21(34-6)16-14-20/h13-16,18-19,22H,7-12,17H2,1-6H3,(H2,27,31)/t18-,19+,22-/m1/s1. The molecule has 0 aliphatic carbocycles. The van der Waals surface area contributed by atoms with Crippen LogP contribution in [-0.4, -0.2) is 66.6 Å². The van der Waals surface area contributed by atoms with Crippen molar-refractivity contribution in [1.29, 1.82) is 0 Å². The van der Waals surface area contributed by atoms with Crippen molar-refractivity contribution in [2.24, 2.45) is 11.7 Å². The Morgan fingerprint density at radius 2 is 1.50 bits per heavy atom. The molecule has 3 amide bonds. The van der Waals surface area contributed by atoms with Crippen molar-refractivity contribution in [3.63, 3.8) is 0 Å². The van der Waals surface area contributed by atoms with Gasteiger partial charge in [0.05, 0.1) is 13.0 Å². The van der Waals surface area contributed by atoms with Crippen molar-refractivity contribution in [3.05, 3.63) is 29.8 Å². The van der Waals surface area contributed by atoms with Gasteiger partial charge in [-0.15, -0.1) is 0 Å². The van der Waals surface area contributed by atoms with E-state index in [9.17, 15) is 19.2 Å². The van der Waals surface area contributed by atoms with E-state index < -0.39 is 35.7 Å². The van der Waals surface area contributed by atoms with Crippen LogP contribution in [0.2, 0.25) is 0 Å². The van der Waals surface area contributed by atoms with Gasteiger partial charge in [-0.05, 0) is 38.0 Å². The summed E-state index contributed by atoms with van der Waals surface area (Å²) in [6.45, 7) is 5.27. The van der Waals surface area contributed by atoms with E-state index in [1.165, 1.54) is 30.8 Å². The Morgan fingerprint density at radius 1 is 0.912 bits per heavy atom. The number of methoxy groups -OCH3 is 1. The summed E-state index contributed by atoms with van der Waals surface area (Å²) in [7, 11) is 4.58. The molecule has 8 heteroatoms. The quantitative estimate of drug-likeness (QED) is 0.310. The number of amides is 3. The van der Waals surface area contributed by atoms with Crippen LogP contribution in [0, 0.1) is 5.92 Å². The number of nitrogens with two attached hydrogens (primary N) is 1. The molecule has 0 unspecified atom stereocenters. The fraction of sp³-hybridized carbons (Fsp3) is 0.615. The summed E-state index contributed by atoms with van der Waals surface area (Å²) >= 11 is 0. The van der Waals surface area contributed by atoms with E-state index in [4.69, 9.17) is 10.5 Å². The number of unbranched alkanes of at least 4 members (excludes halogenated alkanes) is 4. The number of carbonyl (C=O) groups is 4. The number of primary amides is 1. The maximum atomic E-state index is 13.3. The van der Waals surface area contributed by atoms with Crippen LogP contribution in [0.25, 0.3) is 0 Å². The predicted molar refractivity (Wildman–Crippen MR) is 132 cm³/mol. The lowest BCUT2D eigenvalue weighted by Gasteiger charge is -2.34. The number of Topliss-reactive ketones (excluding diaryl/α,β-unsaturated/α-hetero) is 1. The first-order valence-electron chi connectivity index (χ1n) is 12.0. The third kappa shape index (κ3) is 8.47. The van der Waals surface area contributed by atoms with Gasteiger partial charge in [0.25, 0.3) is 0 Å². The second kappa shape index (κ2) is 14.4. The molecule has 0 aromatic heterocycles. The Kier molecular flexibility index (Phi) is 12.3. The van der Waals surface area contributed by atoms with E-state index in [2.05, 4.69) is 6.92 Å². The average Bonchev–Trinajstić information content (AvgIpc) is 2.84. The van der Waals surface area contributed by atoms with Gasteiger partial charge in [0.2, 0.25) is 17.7 Å². The molecule has 34 heavy (non-hydrogen) atoms. The van der Waals surface area contributed by atoms with Gasteiger partial charge < -0.3 is 20.3 Å². The van der Waals surface area contributed by atoms with Crippen LogP contribution in [0.1, 0.15) is 64.9 Å². The van der Waals surface area contributed by atoms with E-state index in [1.807, 2.05) is 12.1 Å². The van der Waals surface area contributed by atoms with E-state index >= 15 is 0 Å². The Balaban J connectivity index is 3.03. The molecule has 0 aliphatic heterocycles. The number of rotatable bonds is 15. The van der Waals surface area contributed by atoms with Crippen molar-refractivity contribution in [2.75, 3.05) is 21.2 Å². The highest BCUT2D eigenvalue weighted by molar-refractivity contribution is 6.02. The van der Waals surface area contributed by atoms with E-state index in [0.29, 0.717) is 12.2 Å². The van der Waals surface area contributed by atoms with Crippen molar-refractivity contribution in [2.45, 2.75) is 77.8 Å². The fourth-order valence-corrected chi connectivity index (χ4v) is 3.71. The summed E-state index contributed by atoms with van der Waals surface area (Å²) in [6.07, 6.45) is 5.63. The zero-order chi connectivity index (χ0) is 25.8. The predicted octanol–water partition coefficient (Wildman–Crippen LogP) is 2.96. The Bertz CT molecular complexity index is 824. The molecule has 1 aromatic rings. The minimum Gasteiger partial charge on any atom is -0.497 e. The number of ether oxygens (including phenoxy) is 1. The fourth-order valence-electron chi connectivity index (χ4n) is 3.71. The third-order valence-electron chi connectivity index (χ3n) is 6.41. The van der Waals surface area contributed by atoms with Gasteiger partial charge in [-0.3, -0.25) is 19.2 Å². The van der Waals surface area contributed by atoms with E-state index in [-0.39, 0.29) is 12.2 Å². The largest absolute Gasteiger partial charge is 0.497 e. The second-order valence-corrected chi connectivity index (χ2v) is 8.90. The number of likely N-dealkylation sites (N-methyl/N-ethyl adjacent to an activating group) is 2. The first kappa shape index (κ1) is 29.1. The summed E-state index contributed by atoms with van der Waals surface area (Å²) in [5, 5.41) is 0. The molecule has 1 rings (SSSR count). The van der Waals surface area contributed by atoms with Gasteiger partial charge in [0, 0.05) is 26.9 Å². The van der Waals surface area contributed by atoms with Crippen LogP contribution in [0.3, 0.4) is 0 Å². The number of ketones is 1. The molecular weight excluding hydrogens is 434 g/mol. The number of nitrogens with zero attached hydrogens (tertiary/aromatic N) is 2. The zero-order valence-corrected chi connectivity index (χ0v) is 21.5. The van der Waals surface area contributed by atoms with Crippen LogP contribution in [0.5, 0.6) is 5.75 Å². The van der Waals surface area contributed by atoms with E-state index in [0.717, 1.165) is 37.7 Å². The lowest BCUT2D eigenvalue weighted by molar-refractivity contribution is -0.149. The summed E-state index contributed by atoms with van der Waals surface area (Å²) in [4.78, 5) is 53.4. The van der Waals surface area contributed by atoms with Gasteiger partial charge in [-0.2, -0.15) is 0 Å². The van der Waals surface area contributed by atoms with Gasteiger partial charge in [0.1, 0.15) is 23.6 Å². The van der Waals surface area contributed by atoms with Crippen molar-refractivity contribution in [1.82, 2.24) is 9.80 Å². The van der Waals surface area contributed by atoms with Crippen LogP contribution in [0.4, 0.5) is 0 Å². The van der Waals surface area contributed by atoms with E-state index in [1.54, 1.807) is 26.2 Å². The number of carbonyl (C=O) groups excluding carboxylic acids is 4. The van der Waals surface area contributed by atoms with Crippen molar-refractivity contribution >= 4 is 23.5 Å². The highest BCUT2D eigenvalue weighted by Gasteiger charge is 2.35. The molecule has 190 valence electrons. The minimum atomic E-state index is -0.896. The maximum Gasteiger partial charge on any atom is 0.246 e. The first-order valence-corrected chi connectivity index (χ1v) is 12.0. The Morgan fingerprint density at radius 3 is 2.03 bits per heavy atom. The molecule has 0 aliphatic rings. The summed E-state index contributed by atoms with van der Waals surface area (Å²) in [6, 6.07) is 5.46. The molecule has 2 N–H and O–H groups in total. The monoisotopic (exact) mass is 475 g/mol. The SMILES string of the molecule is CCCCCCCC(=O)[C@@H](C)C(=O)N(C)[C@H](Cc1ccc(OC)cc1)C(=O)N(C)[C@@H](C)C(N)=O. The van der Waals surface area contributed by atoms with Crippen LogP contribution >= 0.6 is 0 Å². The number of hydrogen-bond acceptors (Lipinski definition) is 5. The van der Waals surface area contributed by atoms with Crippen molar-refractivity contribution in [3.8, 4) is 5.75 Å². The highest BCUT2D eigenvalue weighted by atomic mass is 16.5. The average molecular weight is 476 g/mol. The molecule has 0 fully saturated rings. The molecule has 0 saturated heterocycles. The molecule has 0 bridgehead atoms. The highest BCUT2D eigenvalue weighted by Crippen LogP contribution is 2.19. The molecule has 1 aromatic carbocycles. The van der Waals surface area contributed by atoms with Gasteiger partial charge in [-0.25, -0.2) is 0 Å². The lowest BCUT2D eigenvalue weighted by Crippen LogP contribution is -2.55. The van der Waals surface area contributed by atoms with Crippen molar-refractivity contribution < 1.29 is 23.9 Å². The normalized spacial score (nSPS) is 13.5. The summed E-state index contributed by atoms with van der Waals surface area (Å²) < 4.78 is 5.19. The molecule has 8 nitrogen and oxygen atoms in total. The second-order valence-electron chi connectivity index (χ2n) is 8.90. The number of hydrogen-bond donors (Lipinski definition) is 1. The topological polar surface area (TPSA) is 110 Å². The minimum absolute atomic E-state index is 0.122. The Hall–Kier alpha value is -2.90. The molecule has 0 radical (unpaired) electrons. The Labute approximate surface area is 203 Å². The molecule has 0 heterocycles. The smallest absolute Gasteiger partial charge is 0.246 e. The number of benzene rings is 1.